The molecule has 0 unspecified atom stereocenters. The van der Waals surface area contributed by atoms with Gasteiger partial charge in [0, 0.05) is 23.8 Å². The zero-order valence-corrected chi connectivity index (χ0v) is 13.6. The van der Waals surface area contributed by atoms with Crippen LogP contribution in [-0.4, -0.2) is 42.6 Å². The van der Waals surface area contributed by atoms with E-state index in [9.17, 15) is 13.2 Å². The minimum Gasteiger partial charge on any atom is -0.389 e. The van der Waals surface area contributed by atoms with Crippen LogP contribution in [0.4, 0.5) is 0 Å². The van der Waals surface area contributed by atoms with E-state index in [2.05, 4.69) is 15.0 Å². The SMILES string of the molecule is CC(C)(CNC(=O)c1ccc(C(N)=S)cn1)NS(C)(=O)=O. The van der Waals surface area contributed by atoms with Gasteiger partial charge in [-0.05, 0) is 26.0 Å². The maximum absolute atomic E-state index is 11.9. The van der Waals surface area contributed by atoms with Gasteiger partial charge < -0.3 is 11.1 Å². The Morgan fingerprint density at radius 3 is 2.48 bits per heavy atom. The number of pyridine rings is 1. The van der Waals surface area contributed by atoms with E-state index < -0.39 is 21.5 Å². The summed E-state index contributed by atoms with van der Waals surface area (Å²) < 4.78 is 24.8. The summed E-state index contributed by atoms with van der Waals surface area (Å²) in [4.78, 5) is 16.1. The molecule has 0 bridgehead atoms. The van der Waals surface area contributed by atoms with Crippen molar-refractivity contribution in [3.63, 3.8) is 0 Å². The molecule has 1 aromatic heterocycles. The number of carbonyl (C=O) groups excluding carboxylic acids is 1. The molecule has 0 aliphatic heterocycles. The maximum Gasteiger partial charge on any atom is 0.269 e. The van der Waals surface area contributed by atoms with Gasteiger partial charge in [0.2, 0.25) is 10.0 Å². The van der Waals surface area contributed by atoms with E-state index in [0.717, 1.165) is 6.26 Å². The molecule has 1 rings (SSSR count). The number of sulfonamides is 1. The number of rotatable bonds is 6. The third-order valence-corrected chi connectivity index (χ3v) is 3.59. The molecule has 0 aromatic carbocycles. The summed E-state index contributed by atoms with van der Waals surface area (Å²) in [6.45, 7) is 3.45. The van der Waals surface area contributed by atoms with Gasteiger partial charge in [0.1, 0.15) is 10.7 Å². The molecule has 0 atom stereocenters. The topological polar surface area (TPSA) is 114 Å². The minimum absolute atomic E-state index is 0.123. The summed E-state index contributed by atoms with van der Waals surface area (Å²) in [6.07, 6.45) is 2.48. The molecule has 1 amide bonds. The Bertz CT molecular complexity index is 639. The second-order valence-electron chi connectivity index (χ2n) is 5.24. The molecule has 0 aliphatic rings. The fraction of sp³-hybridized carbons (Fsp3) is 0.417. The van der Waals surface area contributed by atoms with Crippen molar-refractivity contribution in [3.8, 4) is 0 Å². The highest BCUT2D eigenvalue weighted by Crippen LogP contribution is 2.04. The molecular formula is C12H18N4O3S2. The Kier molecular flexibility index (Phi) is 5.37. The molecule has 9 heteroatoms. The molecule has 7 nitrogen and oxygen atoms in total. The zero-order valence-electron chi connectivity index (χ0n) is 12.0. The van der Waals surface area contributed by atoms with E-state index in [1.807, 2.05) is 0 Å². The van der Waals surface area contributed by atoms with E-state index in [1.165, 1.54) is 12.3 Å². The van der Waals surface area contributed by atoms with Crippen molar-refractivity contribution < 1.29 is 13.2 Å². The van der Waals surface area contributed by atoms with Gasteiger partial charge in [0.05, 0.1) is 6.26 Å². The summed E-state index contributed by atoms with van der Waals surface area (Å²) >= 11 is 4.79. The van der Waals surface area contributed by atoms with Crippen molar-refractivity contribution in [1.29, 1.82) is 0 Å². The zero-order chi connectivity index (χ0) is 16.3. The Labute approximate surface area is 129 Å². The Balaban J connectivity index is 2.67. The van der Waals surface area contributed by atoms with Gasteiger partial charge in [-0.15, -0.1) is 0 Å². The normalized spacial score (nSPS) is 12.0. The first-order chi connectivity index (χ1) is 9.50. The number of hydrogen-bond acceptors (Lipinski definition) is 5. The van der Waals surface area contributed by atoms with Crippen molar-refractivity contribution in [2.45, 2.75) is 19.4 Å². The van der Waals surface area contributed by atoms with Gasteiger partial charge in [-0.3, -0.25) is 9.78 Å². The van der Waals surface area contributed by atoms with Crippen LogP contribution in [0.2, 0.25) is 0 Å². The Morgan fingerprint density at radius 2 is 2.05 bits per heavy atom. The average molecular weight is 330 g/mol. The van der Waals surface area contributed by atoms with Crippen LogP contribution in [-0.2, 0) is 10.0 Å². The van der Waals surface area contributed by atoms with Gasteiger partial charge in [0.25, 0.3) is 5.91 Å². The number of aromatic nitrogens is 1. The first-order valence-corrected chi connectivity index (χ1v) is 8.33. The third-order valence-electron chi connectivity index (χ3n) is 2.43. The molecule has 0 fully saturated rings. The van der Waals surface area contributed by atoms with Crippen LogP contribution >= 0.6 is 12.2 Å². The average Bonchev–Trinajstić information content (AvgIpc) is 2.33. The predicted octanol–water partition coefficient (Wildman–Crippen LogP) is -0.227. The first kappa shape index (κ1) is 17.5. The van der Waals surface area contributed by atoms with Gasteiger partial charge in [-0.25, -0.2) is 13.1 Å². The van der Waals surface area contributed by atoms with E-state index in [4.69, 9.17) is 18.0 Å². The van der Waals surface area contributed by atoms with Gasteiger partial charge in [0.15, 0.2) is 0 Å². The molecule has 0 saturated carbocycles. The van der Waals surface area contributed by atoms with E-state index in [-0.39, 0.29) is 17.2 Å². The number of nitrogens with two attached hydrogens (primary N) is 1. The highest BCUT2D eigenvalue weighted by atomic mass is 32.2. The number of nitrogens with one attached hydrogen (secondary N) is 2. The van der Waals surface area contributed by atoms with E-state index in [0.29, 0.717) is 5.56 Å². The maximum atomic E-state index is 11.9. The largest absolute Gasteiger partial charge is 0.389 e. The van der Waals surface area contributed by atoms with Gasteiger partial charge >= 0.3 is 0 Å². The molecule has 0 aliphatic carbocycles. The molecule has 4 N–H and O–H groups in total. The van der Waals surface area contributed by atoms with Crippen molar-refractivity contribution in [1.82, 2.24) is 15.0 Å². The first-order valence-electron chi connectivity index (χ1n) is 6.03. The number of nitrogens with zero attached hydrogens (tertiary/aromatic N) is 1. The fourth-order valence-corrected chi connectivity index (χ4v) is 2.80. The van der Waals surface area contributed by atoms with Gasteiger partial charge in [-0.1, -0.05) is 12.2 Å². The second-order valence-corrected chi connectivity index (χ2v) is 7.43. The van der Waals surface area contributed by atoms with E-state index >= 15 is 0 Å². The molecule has 1 aromatic rings. The monoisotopic (exact) mass is 330 g/mol. The highest BCUT2D eigenvalue weighted by molar-refractivity contribution is 7.88. The van der Waals surface area contributed by atoms with Crippen LogP contribution in [0, 0.1) is 0 Å². The Morgan fingerprint density at radius 1 is 1.43 bits per heavy atom. The van der Waals surface area contributed by atoms with Crippen molar-refractivity contribution in [2.24, 2.45) is 5.73 Å². The lowest BCUT2D eigenvalue weighted by Gasteiger charge is -2.25. The summed E-state index contributed by atoms with van der Waals surface area (Å²) in [5.41, 5.74) is 5.41. The number of carbonyl (C=O) groups is 1. The van der Waals surface area contributed by atoms with Crippen LogP contribution < -0.4 is 15.8 Å². The lowest BCUT2D eigenvalue weighted by atomic mass is 10.1. The van der Waals surface area contributed by atoms with Crippen LogP contribution in [0.3, 0.4) is 0 Å². The quantitative estimate of drug-likeness (QED) is 0.621. The number of amides is 1. The van der Waals surface area contributed by atoms with Crippen LogP contribution in [0.5, 0.6) is 0 Å². The fourth-order valence-electron chi connectivity index (χ4n) is 1.60. The summed E-state index contributed by atoms with van der Waals surface area (Å²) in [6, 6.07) is 3.10. The van der Waals surface area contributed by atoms with Crippen molar-refractivity contribution in [2.75, 3.05) is 12.8 Å². The molecule has 0 saturated heterocycles. The minimum atomic E-state index is -3.35. The Hall–Kier alpha value is -1.58. The molecule has 116 valence electrons. The second kappa shape index (κ2) is 6.46. The summed E-state index contributed by atoms with van der Waals surface area (Å²) in [5, 5.41) is 2.62. The smallest absolute Gasteiger partial charge is 0.269 e. The molecule has 1 heterocycles. The van der Waals surface area contributed by atoms with Crippen LogP contribution in [0.15, 0.2) is 18.3 Å². The lowest BCUT2D eigenvalue weighted by molar-refractivity contribution is 0.0939. The van der Waals surface area contributed by atoms with Crippen molar-refractivity contribution in [3.05, 3.63) is 29.6 Å². The number of hydrogen-bond donors (Lipinski definition) is 3. The van der Waals surface area contributed by atoms with E-state index in [1.54, 1.807) is 19.9 Å². The molecule has 0 radical (unpaired) electrons. The molecular weight excluding hydrogens is 312 g/mol. The molecule has 0 spiro atoms. The molecule has 21 heavy (non-hydrogen) atoms. The highest BCUT2D eigenvalue weighted by Gasteiger charge is 2.23. The summed E-state index contributed by atoms with van der Waals surface area (Å²) in [7, 11) is -3.35. The van der Waals surface area contributed by atoms with Crippen molar-refractivity contribution >= 4 is 33.1 Å². The van der Waals surface area contributed by atoms with Gasteiger partial charge in [-0.2, -0.15) is 0 Å². The lowest BCUT2D eigenvalue weighted by Crippen LogP contribution is -2.51. The third kappa shape index (κ3) is 6.15. The number of thiocarbonyl (C=S) groups is 1. The van der Waals surface area contributed by atoms with Crippen LogP contribution in [0.1, 0.15) is 29.9 Å². The summed E-state index contributed by atoms with van der Waals surface area (Å²) in [5.74, 6) is -0.409. The van der Waals surface area contributed by atoms with Crippen LogP contribution in [0.25, 0.3) is 0 Å². The standard InChI is InChI=1S/C12H18N4O3S2/c1-12(2,16-21(3,18)19)7-15-11(17)9-5-4-8(6-14-9)10(13)20/h4-6,16H,7H2,1-3H3,(H2,13,20)(H,15,17). The predicted molar refractivity (Wildman–Crippen MR) is 84.5 cm³/mol.